The molecule has 0 aliphatic rings. The van der Waals surface area contributed by atoms with Crippen LogP contribution >= 0.6 is 11.8 Å². The summed E-state index contributed by atoms with van der Waals surface area (Å²) in [6.07, 6.45) is 3.07. The highest BCUT2D eigenvalue weighted by Crippen LogP contribution is 2.06. The molecule has 0 heterocycles. The predicted octanol–water partition coefficient (Wildman–Crippen LogP) is 2.06. The van der Waals surface area contributed by atoms with Gasteiger partial charge in [0.2, 0.25) is 5.91 Å². The molecule has 1 unspecified atom stereocenters. The molecule has 0 fully saturated rings. The fourth-order valence-corrected chi connectivity index (χ4v) is 1.55. The van der Waals surface area contributed by atoms with Crippen molar-refractivity contribution in [2.75, 3.05) is 18.6 Å². The molecule has 1 atom stereocenters. The van der Waals surface area contributed by atoms with Gasteiger partial charge in [-0.3, -0.25) is 4.79 Å². The van der Waals surface area contributed by atoms with Crippen LogP contribution in [0.5, 0.6) is 0 Å². The van der Waals surface area contributed by atoms with Gasteiger partial charge in [-0.25, -0.2) is 0 Å². The molecule has 0 aromatic heterocycles. The summed E-state index contributed by atoms with van der Waals surface area (Å²) in [6, 6.07) is 0.230. The van der Waals surface area contributed by atoms with E-state index in [0.29, 0.717) is 0 Å². The van der Waals surface area contributed by atoms with Gasteiger partial charge in [-0.2, -0.15) is 11.8 Å². The van der Waals surface area contributed by atoms with Gasteiger partial charge in [0.1, 0.15) is 6.61 Å². The summed E-state index contributed by atoms with van der Waals surface area (Å²) < 4.78 is 5.38. The predicted molar refractivity (Wildman–Crippen MR) is 66.3 cm³/mol. The molecule has 1 N–H and O–H groups in total. The second-order valence-electron chi connectivity index (χ2n) is 4.65. The van der Waals surface area contributed by atoms with E-state index in [1.165, 1.54) is 0 Å². The zero-order chi connectivity index (χ0) is 11.9. The Morgan fingerprint density at radius 2 is 2.07 bits per heavy atom. The van der Waals surface area contributed by atoms with Crippen LogP contribution in [0.2, 0.25) is 0 Å². The van der Waals surface area contributed by atoms with Crippen LogP contribution in [0.3, 0.4) is 0 Å². The number of hydrogen-bond acceptors (Lipinski definition) is 3. The van der Waals surface area contributed by atoms with E-state index < -0.39 is 0 Å². The maximum Gasteiger partial charge on any atom is 0.246 e. The Labute approximate surface area is 97.3 Å². The second kappa shape index (κ2) is 7.12. The largest absolute Gasteiger partial charge is 0.366 e. The van der Waals surface area contributed by atoms with Gasteiger partial charge in [0, 0.05) is 6.04 Å². The van der Waals surface area contributed by atoms with E-state index in [1.54, 1.807) is 11.8 Å². The Hall–Kier alpha value is -0.220. The quantitative estimate of drug-likeness (QED) is 0.763. The Kier molecular flexibility index (Phi) is 7.02. The first-order chi connectivity index (χ1) is 6.85. The molecule has 0 aromatic rings. The van der Waals surface area contributed by atoms with Crippen LogP contribution in [0.15, 0.2) is 0 Å². The van der Waals surface area contributed by atoms with E-state index in [9.17, 15) is 4.79 Å². The average Bonchev–Trinajstić information content (AvgIpc) is 2.10. The summed E-state index contributed by atoms with van der Waals surface area (Å²) in [6.45, 7) is 7.99. The van der Waals surface area contributed by atoms with Crippen molar-refractivity contribution in [1.29, 1.82) is 0 Å². The average molecular weight is 233 g/mol. The standard InChI is InChI=1S/C11H23NO2S/c1-9(6-7-15-5)12-10(13)8-14-11(2,3)4/h9H,6-8H2,1-5H3,(H,12,13). The first-order valence-corrected chi connectivity index (χ1v) is 6.67. The number of nitrogens with one attached hydrogen (secondary N) is 1. The summed E-state index contributed by atoms with van der Waals surface area (Å²) >= 11 is 1.79. The molecular formula is C11H23NO2S. The van der Waals surface area contributed by atoms with Crippen LogP contribution in [0.25, 0.3) is 0 Å². The highest BCUT2D eigenvalue weighted by Gasteiger charge is 2.13. The number of carbonyl (C=O) groups excluding carboxylic acids is 1. The smallest absolute Gasteiger partial charge is 0.246 e. The summed E-state index contributed by atoms with van der Waals surface area (Å²) in [4.78, 5) is 11.4. The van der Waals surface area contributed by atoms with Gasteiger partial charge < -0.3 is 10.1 Å². The normalized spacial score (nSPS) is 13.7. The number of amides is 1. The van der Waals surface area contributed by atoms with Crippen molar-refractivity contribution in [2.24, 2.45) is 0 Å². The minimum Gasteiger partial charge on any atom is -0.366 e. The van der Waals surface area contributed by atoms with Crippen molar-refractivity contribution in [1.82, 2.24) is 5.32 Å². The molecular weight excluding hydrogens is 210 g/mol. The second-order valence-corrected chi connectivity index (χ2v) is 5.64. The third-order valence-corrected chi connectivity index (χ3v) is 2.44. The fraction of sp³-hybridized carbons (Fsp3) is 0.909. The zero-order valence-electron chi connectivity index (χ0n) is 10.4. The molecule has 0 aliphatic heterocycles. The van der Waals surface area contributed by atoms with E-state index in [0.717, 1.165) is 12.2 Å². The number of ether oxygens (including phenoxy) is 1. The Balaban J connectivity index is 3.64. The minimum atomic E-state index is -0.250. The molecule has 90 valence electrons. The van der Waals surface area contributed by atoms with E-state index in [-0.39, 0.29) is 24.2 Å². The highest BCUT2D eigenvalue weighted by atomic mass is 32.2. The van der Waals surface area contributed by atoms with Gasteiger partial charge in [0.15, 0.2) is 0 Å². The number of thioether (sulfide) groups is 1. The summed E-state index contributed by atoms with van der Waals surface area (Å²) in [5, 5.41) is 2.91. The molecule has 0 saturated carbocycles. The lowest BCUT2D eigenvalue weighted by molar-refractivity contribution is -0.131. The zero-order valence-corrected chi connectivity index (χ0v) is 11.2. The summed E-state index contributed by atoms with van der Waals surface area (Å²) in [7, 11) is 0. The lowest BCUT2D eigenvalue weighted by atomic mass is 10.2. The molecule has 0 aromatic carbocycles. The van der Waals surface area contributed by atoms with Gasteiger partial charge in [0.25, 0.3) is 0 Å². The fourth-order valence-electron chi connectivity index (χ4n) is 0.965. The molecule has 0 spiro atoms. The van der Waals surface area contributed by atoms with E-state index in [2.05, 4.69) is 11.6 Å². The first kappa shape index (κ1) is 14.8. The molecule has 1 amide bonds. The monoisotopic (exact) mass is 233 g/mol. The lowest BCUT2D eigenvalue weighted by Crippen LogP contribution is -2.37. The molecule has 0 rings (SSSR count). The van der Waals surface area contributed by atoms with Crippen LogP contribution in [0.4, 0.5) is 0 Å². The lowest BCUT2D eigenvalue weighted by Gasteiger charge is -2.20. The SMILES string of the molecule is CSCCC(C)NC(=O)COC(C)(C)C. The van der Waals surface area contributed by atoms with Crippen molar-refractivity contribution in [3.8, 4) is 0 Å². The van der Waals surface area contributed by atoms with Crippen LogP contribution in [0.1, 0.15) is 34.1 Å². The summed E-state index contributed by atoms with van der Waals surface area (Å²) in [5.41, 5.74) is -0.250. The molecule has 0 bridgehead atoms. The van der Waals surface area contributed by atoms with Crippen molar-refractivity contribution in [3.63, 3.8) is 0 Å². The summed E-state index contributed by atoms with van der Waals surface area (Å²) in [5.74, 6) is 1.04. The maximum absolute atomic E-state index is 11.4. The number of rotatable bonds is 6. The van der Waals surface area contributed by atoms with Gasteiger partial charge in [0.05, 0.1) is 5.60 Å². The molecule has 4 heteroatoms. The van der Waals surface area contributed by atoms with Crippen LogP contribution in [-0.4, -0.2) is 36.2 Å². The first-order valence-electron chi connectivity index (χ1n) is 5.27. The Morgan fingerprint density at radius 1 is 1.47 bits per heavy atom. The van der Waals surface area contributed by atoms with Crippen molar-refractivity contribution < 1.29 is 9.53 Å². The Bertz CT molecular complexity index is 190. The van der Waals surface area contributed by atoms with Crippen molar-refractivity contribution in [2.45, 2.75) is 45.8 Å². The topological polar surface area (TPSA) is 38.3 Å². The van der Waals surface area contributed by atoms with E-state index >= 15 is 0 Å². The van der Waals surface area contributed by atoms with Crippen LogP contribution in [0, 0.1) is 0 Å². The molecule has 15 heavy (non-hydrogen) atoms. The van der Waals surface area contributed by atoms with Gasteiger partial charge in [-0.15, -0.1) is 0 Å². The van der Waals surface area contributed by atoms with Gasteiger partial charge in [-0.05, 0) is 46.1 Å². The van der Waals surface area contributed by atoms with Gasteiger partial charge in [-0.1, -0.05) is 0 Å². The Morgan fingerprint density at radius 3 is 2.53 bits per heavy atom. The van der Waals surface area contributed by atoms with Crippen molar-refractivity contribution >= 4 is 17.7 Å². The molecule has 0 radical (unpaired) electrons. The third kappa shape index (κ3) is 10.1. The van der Waals surface area contributed by atoms with Crippen LogP contribution < -0.4 is 5.32 Å². The van der Waals surface area contributed by atoms with E-state index in [1.807, 2.05) is 27.7 Å². The van der Waals surface area contributed by atoms with Gasteiger partial charge >= 0.3 is 0 Å². The number of carbonyl (C=O) groups is 1. The molecule has 0 saturated heterocycles. The van der Waals surface area contributed by atoms with E-state index in [4.69, 9.17) is 4.74 Å². The van der Waals surface area contributed by atoms with Crippen molar-refractivity contribution in [3.05, 3.63) is 0 Å². The minimum absolute atomic E-state index is 0.0291. The number of hydrogen-bond donors (Lipinski definition) is 1. The molecule has 3 nitrogen and oxygen atoms in total. The molecule has 0 aliphatic carbocycles. The van der Waals surface area contributed by atoms with Crippen LogP contribution in [-0.2, 0) is 9.53 Å². The third-order valence-electron chi connectivity index (χ3n) is 1.80. The maximum atomic E-state index is 11.4. The highest BCUT2D eigenvalue weighted by molar-refractivity contribution is 7.98.